The van der Waals surface area contributed by atoms with E-state index in [2.05, 4.69) is 22.3 Å². The van der Waals surface area contributed by atoms with Crippen LogP contribution in [0.15, 0.2) is 42.5 Å². The number of fused-ring (bicyclic) bond motifs is 1. The van der Waals surface area contributed by atoms with Crippen molar-refractivity contribution in [2.45, 2.75) is 44.6 Å². The monoisotopic (exact) mass is 426 g/mol. The molecular weight excluding hydrogens is 392 g/mol. The molecule has 168 valence electrons. The van der Waals surface area contributed by atoms with E-state index in [1.807, 2.05) is 30.3 Å². The van der Waals surface area contributed by atoms with Gasteiger partial charge >= 0.3 is 5.97 Å². The normalized spacial score (nSPS) is 14.0. The fraction of sp³-hybridized carbons (Fsp3) is 0.500. The van der Waals surface area contributed by atoms with Gasteiger partial charge in [0.2, 0.25) is 0 Å². The van der Waals surface area contributed by atoms with Gasteiger partial charge in [0.15, 0.2) is 0 Å². The lowest BCUT2D eigenvalue weighted by Crippen LogP contribution is -2.37. The molecule has 0 saturated carbocycles. The molecule has 3 rings (SSSR count). The third kappa shape index (κ3) is 7.84. The van der Waals surface area contributed by atoms with Crippen molar-refractivity contribution in [3.05, 3.63) is 53.7 Å². The molecule has 0 saturated heterocycles. The van der Waals surface area contributed by atoms with Gasteiger partial charge < -0.3 is 20.9 Å². The highest BCUT2D eigenvalue weighted by atomic mass is 16.5. The molecule has 31 heavy (non-hydrogen) atoms. The summed E-state index contributed by atoms with van der Waals surface area (Å²) in [5.41, 5.74) is 8.14. The van der Waals surface area contributed by atoms with Crippen molar-refractivity contribution in [3.63, 3.8) is 0 Å². The number of para-hydroxylation sites is 1. The minimum absolute atomic E-state index is 0.429. The Bertz CT molecular complexity index is 816. The summed E-state index contributed by atoms with van der Waals surface area (Å²) in [5, 5.41) is 12.5. The number of benzene rings is 1. The first-order chi connectivity index (χ1) is 15.1. The SMILES string of the molecule is NC(CCN(CCCCc1ccc2c(n1)NCCC2)CCOc1ccccc1)C(=O)O. The molecular formula is C24H34N4O3. The Morgan fingerprint density at radius 3 is 2.81 bits per heavy atom. The van der Waals surface area contributed by atoms with E-state index < -0.39 is 12.0 Å². The quantitative estimate of drug-likeness (QED) is 0.423. The lowest BCUT2D eigenvalue weighted by molar-refractivity contribution is -0.138. The van der Waals surface area contributed by atoms with Crippen LogP contribution in [0.5, 0.6) is 5.75 Å². The number of aliphatic carboxylic acids is 1. The van der Waals surface area contributed by atoms with Crippen LogP contribution in [0.3, 0.4) is 0 Å². The minimum Gasteiger partial charge on any atom is -0.492 e. The highest BCUT2D eigenvalue weighted by molar-refractivity contribution is 5.72. The topological polar surface area (TPSA) is 101 Å². The van der Waals surface area contributed by atoms with Crippen LogP contribution >= 0.6 is 0 Å². The van der Waals surface area contributed by atoms with Gasteiger partial charge in [-0.2, -0.15) is 0 Å². The number of hydrogen-bond acceptors (Lipinski definition) is 6. The first-order valence-corrected chi connectivity index (χ1v) is 11.2. The average Bonchev–Trinajstić information content (AvgIpc) is 2.80. The van der Waals surface area contributed by atoms with Crippen LogP contribution in [0.25, 0.3) is 0 Å². The van der Waals surface area contributed by atoms with E-state index in [-0.39, 0.29) is 0 Å². The first-order valence-electron chi connectivity index (χ1n) is 11.2. The maximum absolute atomic E-state index is 11.0. The number of carbonyl (C=O) groups is 1. The number of ether oxygens (including phenoxy) is 1. The zero-order valence-corrected chi connectivity index (χ0v) is 18.1. The van der Waals surface area contributed by atoms with Gasteiger partial charge in [-0.05, 0) is 68.8 Å². The largest absolute Gasteiger partial charge is 0.492 e. The van der Waals surface area contributed by atoms with Crippen LogP contribution < -0.4 is 15.8 Å². The number of anilines is 1. The van der Waals surface area contributed by atoms with E-state index in [1.165, 1.54) is 12.0 Å². The number of rotatable bonds is 13. The van der Waals surface area contributed by atoms with E-state index in [0.29, 0.717) is 19.6 Å². The van der Waals surface area contributed by atoms with E-state index >= 15 is 0 Å². The smallest absolute Gasteiger partial charge is 0.320 e. The standard InChI is InChI=1S/C24H34N4O3/c25-22(24(29)30)13-16-28(17-18-31-21-9-2-1-3-10-21)15-5-4-8-20-12-11-19-7-6-14-26-23(19)27-20/h1-3,9-12,22H,4-8,13-18,25H2,(H,26,27)(H,29,30). The summed E-state index contributed by atoms with van der Waals surface area (Å²) in [5.74, 6) is 0.940. The van der Waals surface area contributed by atoms with Crippen molar-refractivity contribution in [1.82, 2.24) is 9.88 Å². The molecule has 1 unspecified atom stereocenters. The number of aryl methyl sites for hydroxylation is 2. The van der Waals surface area contributed by atoms with Crippen LogP contribution in [0, 0.1) is 0 Å². The Hall–Kier alpha value is -2.64. The Morgan fingerprint density at radius 1 is 1.16 bits per heavy atom. The van der Waals surface area contributed by atoms with Gasteiger partial charge in [0.1, 0.15) is 24.2 Å². The molecule has 7 heteroatoms. The van der Waals surface area contributed by atoms with Crippen molar-refractivity contribution < 1.29 is 14.6 Å². The van der Waals surface area contributed by atoms with Gasteiger partial charge in [0.05, 0.1) is 0 Å². The van der Waals surface area contributed by atoms with Crippen LogP contribution in [0.4, 0.5) is 5.82 Å². The number of nitrogens with zero attached hydrogens (tertiary/aromatic N) is 2. The fourth-order valence-electron chi connectivity index (χ4n) is 3.74. The Balaban J connectivity index is 1.43. The molecule has 1 aliphatic rings. The predicted octanol–water partition coefficient (Wildman–Crippen LogP) is 2.95. The third-order valence-electron chi connectivity index (χ3n) is 5.60. The maximum atomic E-state index is 11.0. The van der Waals surface area contributed by atoms with Crippen LogP contribution in [0.1, 0.15) is 36.9 Å². The second kappa shape index (κ2) is 12.3. The number of nitrogens with one attached hydrogen (secondary N) is 1. The summed E-state index contributed by atoms with van der Waals surface area (Å²) in [6, 6.07) is 13.2. The average molecular weight is 427 g/mol. The van der Waals surface area contributed by atoms with Gasteiger partial charge in [-0.3, -0.25) is 9.69 Å². The third-order valence-corrected chi connectivity index (χ3v) is 5.60. The van der Waals surface area contributed by atoms with E-state index in [4.69, 9.17) is 20.6 Å². The molecule has 0 radical (unpaired) electrons. The number of carboxylic acid groups (broad SMARTS) is 1. The molecule has 2 aromatic rings. The lowest BCUT2D eigenvalue weighted by atomic mass is 10.1. The van der Waals surface area contributed by atoms with Crippen LogP contribution in [0.2, 0.25) is 0 Å². The highest BCUT2D eigenvalue weighted by Gasteiger charge is 2.14. The summed E-state index contributed by atoms with van der Waals surface area (Å²) in [4.78, 5) is 18.1. The van der Waals surface area contributed by atoms with Crippen LogP contribution in [-0.2, 0) is 17.6 Å². The molecule has 2 heterocycles. The summed E-state index contributed by atoms with van der Waals surface area (Å²) in [6.45, 7) is 3.83. The molecule has 1 aromatic carbocycles. The summed E-state index contributed by atoms with van der Waals surface area (Å²) in [6.07, 6.45) is 5.70. The molecule has 1 aromatic heterocycles. The summed E-state index contributed by atoms with van der Waals surface area (Å²) >= 11 is 0. The highest BCUT2D eigenvalue weighted by Crippen LogP contribution is 2.20. The zero-order chi connectivity index (χ0) is 21.9. The number of carboxylic acids is 1. The molecule has 0 amide bonds. The van der Waals surface area contributed by atoms with Gasteiger partial charge in [-0.1, -0.05) is 24.3 Å². The summed E-state index contributed by atoms with van der Waals surface area (Å²) < 4.78 is 5.81. The molecule has 4 N–H and O–H groups in total. The first kappa shape index (κ1) is 23.0. The minimum atomic E-state index is -0.951. The van der Waals surface area contributed by atoms with Gasteiger partial charge in [0.25, 0.3) is 0 Å². The number of pyridine rings is 1. The van der Waals surface area contributed by atoms with Gasteiger partial charge in [-0.25, -0.2) is 4.98 Å². The zero-order valence-electron chi connectivity index (χ0n) is 18.1. The molecule has 0 aliphatic carbocycles. The fourth-order valence-corrected chi connectivity index (χ4v) is 3.74. The number of nitrogens with two attached hydrogens (primary N) is 1. The number of aromatic nitrogens is 1. The second-order valence-corrected chi connectivity index (χ2v) is 8.03. The summed E-state index contributed by atoms with van der Waals surface area (Å²) in [7, 11) is 0. The maximum Gasteiger partial charge on any atom is 0.320 e. The van der Waals surface area contributed by atoms with Crippen LogP contribution in [-0.4, -0.2) is 59.8 Å². The Kier molecular flexibility index (Phi) is 9.12. The molecule has 1 atom stereocenters. The Labute approximate surface area is 184 Å². The molecule has 1 aliphatic heterocycles. The predicted molar refractivity (Wildman–Crippen MR) is 123 cm³/mol. The lowest BCUT2D eigenvalue weighted by Gasteiger charge is -2.23. The Morgan fingerprint density at radius 2 is 2.00 bits per heavy atom. The molecule has 0 spiro atoms. The van der Waals surface area contributed by atoms with Crippen molar-refractivity contribution in [1.29, 1.82) is 0 Å². The van der Waals surface area contributed by atoms with Crippen molar-refractivity contribution >= 4 is 11.8 Å². The van der Waals surface area contributed by atoms with E-state index in [1.54, 1.807) is 0 Å². The molecule has 0 fully saturated rings. The van der Waals surface area contributed by atoms with Crippen molar-refractivity contribution in [3.8, 4) is 5.75 Å². The van der Waals surface area contributed by atoms with Crippen molar-refractivity contribution in [2.24, 2.45) is 5.73 Å². The molecule has 7 nitrogen and oxygen atoms in total. The van der Waals surface area contributed by atoms with E-state index in [0.717, 1.165) is 62.6 Å². The van der Waals surface area contributed by atoms with Gasteiger partial charge in [0, 0.05) is 25.3 Å². The van der Waals surface area contributed by atoms with Crippen molar-refractivity contribution in [2.75, 3.05) is 38.1 Å². The van der Waals surface area contributed by atoms with E-state index in [9.17, 15) is 4.79 Å². The molecule has 0 bridgehead atoms. The second-order valence-electron chi connectivity index (χ2n) is 8.03. The number of hydrogen-bond donors (Lipinski definition) is 3. The number of unbranched alkanes of at least 4 members (excludes halogenated alkanes) is 1. The van der Waals surface area contributed by atoms with Gasteiger partial charge in [-0.15, -0.1) is 0 Å².